The van der Waals surface area contributed by atoms with Crippen molar-refractivity contribution in [2.24, 2.45) is 5.92 Å². The van der Waals surface area contributed by atoms with Crippen LogP contribution >= 0.6 is 0 Å². The number of benzene rings is 2. The summed E-state index contributed by atoms with van der Waals surface area (Å²) in [6, 6.07) is 15.2. The van der Waals surface area contributed by atoms with Gasteiger partial charge in [-0.1, -0.05) is 24.3 Å². The predicted molar refractivity (Wildman–Crippen MR) is 107 cm³/mol. The highest BCUT2D eigenvalue weighted by molar-refractivity contribution is 5.65. The van der Waals surface area contributed by atoms with Crippen molar-refractivity contribution >= 4 is 11.4 Å². The van der Waals surface area contributed by atoms with E-state index >= 15 is 0 Å². The topological polar surface area (TPSA) is 50.5 Å². The Labute approximate surface area is 160 Å². The number of nitrogens with zero attached hydrogens (tertiary/aromatic N) is 1. The number of nitrogens with two attached hydrogens (primary N) is 1. The Morgan fingerprint density at radius 2 is 1.81 bits per heavy atom. The molecule has 2 fully saturated rings. The third-order valence-electron chi connectivity index (χ3n) is 5.75. The number of para-hydroxylation sites is 2. The Kier molecular flexibility index (Phi) is 5.60. The Balaban J connectivity index is 1.23. The number of ether oxygens (including phenoxy) is 1. The van der Waals surface area contributed by atoms with Crippen LogP contribution in [-0.2, 0) is 4.74 Å². The molecule has 0 bridgehead atoms. The van der Waals surface area contributed by atoms with Crippen molar-refractivity contribution in [2.75, 3.05) is 37.3 Å². The molecule has 4 rings (SSSR count). The molecular formula is C22H28FN3O. The molecule has 2 aromatic carbocycles. The lowest BCUT2D eigenvalue weighted by Crippen LogP contribution is -2.41. The van der Waals surface area contributed by atoms with Gasteiger partial charge in [-0.15, -0.1) is 0 Å². The lowest BCUT2D eigenvalue weighted by atomic mass is 9.98. The molecule has 2 saturated heterocycles. The lowest BCUT2D eigenvalue weighted by Gasteiger charge is -2.34. The largest absolute Gasteiger partial charge is 0.397 e. The molecule has 2 aliphatic rings. The molecule has 0 saturated carbocycles. The van der Waals surface area contributed by atoms with E-state index in [9.17, 15) is 4.39 Å². The van der Waals surface area contributed by atoms with Gasteiger partial charge in [0.25, 0.3) is 0 Å². The Morgan fingerprint density at radius 1 is 1.07 bits per heavy atom. The zero-order valence-electron chi connectivity index (χ0n) is 15.6. The molecule has 0 aliphatic carbocycles. The van der Waals surface area contributed by atoms with Crippen molar-refractivity contribution in [1.82, 2.24) is 4.90 Å². The summed E-state index contributed by atoms with van der Waals surface area (Å²) in [5, 5.41) is 3.59. The fourth-order valence-corrected chi connectivity index (χ4v) is 4.20. The number of rotatable bonds is 5. The highest BCUT2D eigenvalue weighted by atomic mass is 19.1. The number of nitrogen functional groups attached to an aromatic ring is 1. The molecule has 27 heavy (non-hydrogen) atoms. The van der Waals surface area contributed by atoms with Gasteiger partial charge in [-0.2, -0.15) is 0 Å². The summed E-state index contributed by atoms with van der Waals surface area (Å²) in [6.07, 6.45) is 3.38. The van der Waals surface area contributed by atoms with Gasteiger partial charge in [0.1, 0.15) is 5.82 Å². The van der Waals surface area contributed by atoms with E-state index in [0.29, 0.717) is 12.0 Å². The fourth-order valence-electron chi connectivity index (χ4n) is 4.20. The van der Waals surface area contributed by atoms with E-state index in [1.165, 1.54) is 12.1 Å². The second kappa shape index (κ2) is 8.28. The van der Waals surface area contributed by atoms with Gasteiger partial charge in [0.15, 0.2) is 0 Å². The highest BCUT2D eigenvalue weighted by Crippen LogP contribution is 2.33. The van der Waals surface area contributed by atoms with E-state index in [4.69, 9.17) is 10.5 Å². The van der Waals surface area contributed by atoms with E-state index in [-0.39, 0.29) is 11.9 Å². The molecule has 0 spiro atoms. The van der Waals surface area contributed by atoms with E-state index in [0.717, 1.165) is 62.4 Å². The minimum absolute atomic E-state index is 0.107. The molecule has 2 atom stereocenters. The normalized spacial score (nSPS) is 24.2. The van der Waals surface area contributed by atoms with Crippen LogP contribution in [0.5, 0.6) is 0 Å². The number of halogens is 1. The monoisotopic (exact) mass is 369 g/mol. The second-order valence-corrected chi connectivity index (χ2v) is 7.78. The maximum absolute atomic E-state index is 13.1. The smallest absolute Gasteiger partial charge is 0.123 e. The third-order valence-corrected chi connectivity index (χ3v) is 5.75. The summed E-state index contributed by atoms with van der Waals surface area (Å²) < 4.78 is 19.1. The Bertz CT molecular complexity index is 743. The highest BCUT2D eigenvalue weighted by Gasteiger charge is 2.29. The van der Waals surface area contributed by atoms with Gasteiger partial charge in [0.05, 0.1) is 24.1 Å². The summed E-state index contributed by atoms with van der Waals surface area (Å²) in [6.45, 7) is 4.07. The molecule has 2 aromatic rings. The molecule has 144 valence electrons. The summed E-state index contributed by atoms with van der Waals surface area (Å²) in [4.78, 5) is 2.55. The van der Waals surface area contributed by atoms with Gasteiger partial charge in [-0.05, 0) is 55.0 Å². The molecule has 0 unspecified atom stereocenters. The van der Waals surface area contributed by atoms with Crippen molar-refractivity contribution < 1.29 is 9.13 Å². The number of likely N-dealkylation sites (tertiary alicyclic amines) is 1. The predicted octanol–water partition coefficient (Wildman–Crippen LogP) is 4.06. The van der Waals surface area contributed by atoms with Gasteiger partial charge in [-0.3, -0.25) is 0 Å². The first-order valence-corrected chi connectivity index (χ1v) is 9.88. The fraction of sp³-hybridized carbons (Fsp3) is 0.455. The van der Waals surface area contributed by atoms with Crippen molar-refractivity contribution in [2.45, 2.75) is 31.4 Å². The average molecular weight is 369 g/mol. The Hall–Kier alpha value is -2.11. The zero-order chi connectivity index (χ0) is 18.6. The van der Waals surface area contributed by atoms with E-state index < -0.39 is 0 Å². The summed E-state index contributed by atoms with van der Waals surface area (Å²) >= 11 is 0. The van der Waals surface area contributed by atoms with Crippen LogP contribution in [0.2, 0.25) is 0 Å². The van der Waals surface area contributed by atoms with Crippen LogP contribution < -0.4 is 11.1 Å². The average Bonchev–Trinajstić information content (AvgIpc) is 3.14. The standard InChI is InChI=1S/C22H28FN3O/c23-18-7-5-17(6-8-18)22-13-16(15-27-22)14-26-11-9-19(10-12-26)25-21-4-2-1-3-20(21)24/h1-8,16,19,22,25H,9-15,24H2/t16-,22+/m0/s1. The molecule has 4 nitrogen and oxygen atoms in total. The second-order valence-electron chi connectivity index (χ2n) is 7.78. The van der Waals surface area contributed by atoms with Crippen LogP contribution in [0.15, 0.2) is 48.5 Å². The van der Waals surface area contributed by atoms with Crippen LogP contribution in [0.25, 0.3) is 0 Å². The summed E-state index contributed by atoms with van der Waals surface area (Å²) in [5.41, 5.74) is 8.98. The SMILES string of the molecule is Nc1ccccc1NC1CCN(C[C@H]2CO[C@@H](c3ccc(F)cc3)C2)CC1. The Morgan fingerprint density at radius 3 is 2.56 bits per heavy atom. The molecular weight excluding hydrogens is 341 g/mol. The number of hydrogen-bond acceptors (Lipinski definition) is 4. The molecule has 2 heterocycles. The zero-order valence-corrected chi connectivity index (χ0v) is 15.6. The van der Waals surface area contributed by atoms with Crippen molar-refractivity contribution in [3.8, 4) is 0 Å². The first-order valence-electron chi connectivity index (χ1n) is 9.88. The van der Waals surface area contributed by atoms with E-state index in [2.05, 4.69) is 10.2 Å². The summed E-state index contributed by atoms with van der Waals surface area (Å²) in [5.74, 6) is 0.358. The first-order chi connectivity index (χ1) is 13.2. The van der Waals surface area contributed by atoms with Crippen molar-refractivity contribution in [1.29, 1.82) is 0 Å². The van der Waals surface area contributed by atoms with Gasteiger partial charge in [0.2, 0.25) is 0 Å². The first kappa shape index (κ1) is 18.3. The number of anilines is 2. The molecule has 0 radical (unpaired) electrons. The maximum Gasteiger partial charge on any atom is 0.123 e. The van der Waals surface area contributed by atoms with Crippen molar-refractivity contribution in [3.05, 3.63) is 59.9 Å². The van der Waals surface area contributed by atoms with Crippen LogP contribution in [0, 0.1) is 11.7 Å². The molecule has 0 aromatic heterocycles. The van der Waals surface area contributed by atoms with Gasteiger partial charge >= 0.3 is 0 Å². The minimum Gasteiger partial charge on any atom is -0.397 e. The lowest BCUT2D eigenvalue weighted by molar-refractivity contribution is 0.102. The van der Waals surface area contributed by atoms with Gasteiger partial charge in [0, 0.05) is 25.7 Å². The quantitative estimate of drug-likeness (QED) is 0.781. The minimum atomic E-state index is -0.193. The van der Waals surface area contributed by atoms with Crippen LogP contribution in [0.3, 0.4) is 0 Å². The van der Waals surface area contributed by atoms with Gasteiger partial charge < -0.3 is 20.7 Å². The van der Waals surface area contributed by atoms with Crippen LogP contribution in [0.1, 0.15) is 30.9 Å². The number of hydrogen-bond donors (Lipinski definition) is 2. The third kappa shape index (κ3) is 4.60. The molecule has 0 amide bonds. The number of piperidine rings is 1. The molecule has 2 aliphatic heterocycles. The molecule has 5 heteroatoms. The summed E-state index contributed by atoms with van der Waals surface area (Å²) in [7, 11) is 0. The van der Waals surface area contributed by atoms with E-state index in [1.54, 1.807) is 0 Å². The number of nitrogens with one attached hydrogen (secondary N) is 1. The van der Waals surface area contributed by atoms with E-state index in [1.807, 2.05) is 36.4 Å². The van der Waals surface area contributed by atoms with Crippen LogP contribution in [-0.4, -0.2) is 37.2 Å². The van der Waals surface area contributed by atoms with Gasteiger partial charge in [-0.25, -0.2) is 4.39 Å². The molecule has 3 N–H and O–H groups in total. The maximum atomic E-state index is 13.1. The van der Waals surface area contributed by atoms with Crippen LogP contribution in [0.4, 0.5) is 15.8 Å². The van der Waals surface area contributed by atoms with Crippen molar-refractivity contribution in [3.63, 3.8) is 0 Å².